The van der Waals surface area contributed by atoms with E-state index in [-0.39, 0.29) is 0 Å². The average Bonchev–Trinajstić information content (AvgIpc) is 2.44. The summed E-state index contributed by atoms with van der Waals surface area (Å²) in [7, 11) is 2.14. The molecule has 1 atom stereocenters. The zero-order valence-electron chi connectivity index (χ0n) is 13.0. The Bertz CT molecular complexity index is 417. The van der Waals surface area contributed by atoms with E-state index in [0.29, 0.717) is 6.04 Å². The summed E-state index contributed by atoms with van der Waals surface area (Å²) in [5, 5.41) is 3.53. The third-order valence-electron chi connectivity index (χ3n) is 3.49. The molecule has 1 unspecified atom stereocenters. The van der Waals surface area contributed by atoms with Gasteiger partial charge in [-0.3, -0.25) is 0 Å². The van der Waals surface area contributed by atoms with Crippen molar-refractivity contribution in [3.63, 3.8) is 0 Å². The number of rotatable bonds is 9. The number of halogens is 1. The summed E-state index contributed by atoms with van der Waals surface area (Å²) >= 11 is 3.71. The Morgan fingerprint density at radius 3 is 2.80 bits per heavy atom. The Labute approximate surface area is 132 Å². The van der Waals surface area contributed by atoms with Crippen molar-refractivity contribution in [1.29, 1.82) is 0 Å². The first-order valence-corrected chi connectivity index (χ1v) is 8.24. The van der Waals surface area contributed by atoms with Gasteiger partial charge in [-0.05, 0) is 50.4 Å². The number of anilines is 1. The van der Waals surface area contributed by atoms with Gasteiger partial charge in [0, 0.05) is 29.8 Å². The van der Waals surface area contributed by atoms with Gasteiger partial charge in [-0.1, -0.05) is 35.0 Å². The number of hydrogen-bond donors (Lipinski definition) is 1. The summed E-state index contributed by atoms with van der Waals surface area (Å²) in [6, 6.07) is 7.02. The summed E-state index contributed by atoms with van der Waals surface area (Å²) in [6.45, 7) is 10.3. The second-order valence-corrected chi connectivity index (χ2v) is 6.09. The number of nitrogens with one attached hydrogen (secondary N) is 1. The minimum Gasteiger partial charge on any atom is -0.375 e. The Hall–Kier alpha value is -0.800. The van der Waals surface area contributed by atoms with Crippen LogP contribution in [0.2, 0.25) is 0 Å². The third-order valence-corrected chi connectivity index (χ3v) is 4.18. The van der Waals surface area contributed by atoms with Crippen molar-refractivity contribution in [2.24, 2.45) is 0 Å². The molecule has 0 aromatic heterocycles. The van der Waals surface area contributed by atoms with Gasteiger partial charge < -0.3 is 10.2 Å². The predicted molar refractivity (Wildman–Crippen MR) is 93.6 cm³/mol. The summed E-state index contributed by atoms with van der Waals surface area (Å²) in [5.74, 6) is 0. The molecule has 1 aromatic rings. The van der Waals surface area contributed by atoms with E-state index in [9.17, 15) is 0 Å². The molecule has 0 heterocycles. The molecule has 0 amide bonds. The van der Waals surface area contributed by atoms with Crippen LogP contribution in [-0.2, 0) is 0 Å². The van der Waals surface area contributed by atoms with Crippen LogP contribution >= 0.6 is 15.9 Å². The molecule has 0 spiro atoms. The standard InChI is InChI=1S/C17H27BrN2/c1-5-7-8-12-20(4)15-9-10-16(17(18)13-15)14(3)19-11-6-2/h5,9-10,13-14,19H,1,6-8,11-12H2,2-4H3. The van der Waals surface area contributed by atoms with Crippen LogP contribution in [0.1, 0.15) is 44.7 Å². The van der Waals surface area contributed by atoms with E-state index in [1.54, 1.807) is 0 Å². The molecule has 0 saturated heterocycles. The molecular weight excluding hydrogens is 312 g/mol. The lowest BCUT2D eigenvalue weighted by atomic mass is 10.1. The molecule has 3 heteroatoms. The minimum absolute atomic E-state index is 0.379. The second-order valence-electron chi connectivity index (χ2n) is 5.23. The smallest absolute Gasteiger partial charge is 0.0375 e. The largest absolute Gasteiger partial charge is 0.375 e. The lowest BCUT2D eigenvalue weighted by Gasteiger charge is -2.22. The predicted octanol–water partition coefficient (Wildman–Crippen LogP) is 4.91. The number of allylic oxidation sites excluding steroid dienone is 1. The SMILES string of the molecule is C=CCCCN(C)c1ccc(C(C)NCCC)c(Br)c1. The molecular formula is C17H27BrN2. The maximum absolute atomic E-state index is 3.77. The minimum atomic E-state index is 0.379. The van der Waals surface area contributed by atoms with E-state index in [2.05, 4.69) is 71.8 Å². The van der Waals surface area contributed by atoms with Crippen LogP contribution in [0.15, 0.2) is 35.3 Å². The highest BCUT2D eigenvalue weighted by atomic mass is 79.9. The Balaban J connectivity index is 2.69. The van der Waals surface area contributed by atoms with Gasteiger partial charge >= 0.3 is 0 Å². The highest BCUT2D eigenvalue weighted by Gasteiger charge is 2.10. The number of nitrogens with zero attached hydrogens (tertiary/aromatic N) is 1. The molecule has 1 rings (SSSR count). The van der Waals surface area contributed by atoms with Crippen LogP contribution in [0.4, 0.5) is 5.69 Å². The van der Waals surface area contributed by atoms with Gasteiger partial charge in [-0.25, -0.2) is 0 Å². The van der Waals surface area contributed by atoms with Crippen molar-refractivity contribution < 1.29 is 0 Å². The van der Waals surface area contributed by atoms with Crippen LogP contribution in [0.3, 0.4) is 0 Å². The maximum atomic E-state index is 3.77. The van der Waals surface area contributed by atoms with Gasteiger partial charge in [0.25, 0.3) is 0 Å². The molecule has 112 valence electrons. The van der Waals surface area contributed by atoms with Crippen LogP contribution in [0.25, 0.3) is 0 Å². The second kappa shape index (κ2) is 9.19. The third kappa shape index (κ3) is 5.29. The quantitative estimate of drug-likeness (QED) is 0.508. The summed E-state index contributed by atoms with van der Waals surface area (Å²) in [6.07, 6.45) is 5.36. The molecule has 0 saturated carbocycles. The van der Waals surface area contributed by atoms with Gasteiger partial charge in [0.15, 0.2) is 0 Å². The van der Waals surface area contributed by atoms with E-state index in [1.165, 1.54) is 15.7 Å². The molecule has 0 aliphatic carbocycles. The van der Waals surface area contributed by atoms with E-state index >= 15 is 0 Å². The molecule has 20 heavy (non-hydrogen) atoms. The molecule has 0 radical (unpaired) electrons. The zero-order valence-corrected chi connectivity index (χ0v) is 14.5. The molecule has 1 N–H and O–H groups in total. The van der Waals surface area contributed by atoms with Gasteiger partial charge in [-0.15, -0.1) is 6.58 Å². The zero-order chi connectivity index (χ0) is 15.0. The monoisotopic (exact) mass is 338 g/mol. The van der Waals surface area contributed by atoms with Crippen molar-refractivity contribution in [3.8, 4) is 0 Å². The van der Waals surface area contributed by atoms with Crippen molar-refractivity contribution in [2.75, 3.05) is 25.0 Å². The first-order valence-electron chi connectivity index (χ1n) is 7.45. The molecule has 0 fully saturated rings. The van der Waals surface area contributed by atoms with Crippen molar-refractivity contribution >= 4 is 21.6 Å². The molecule has 0 bridgehead atoms. The van der Waals surface area contributed by atoms with Crippen molar-refractivity contribution in [2.45, 2.75) is 39.2 Å². The highest BCUT2D eigenvalue weighted by Crippen LogP contribution is 2.28. The lowest BCUT2D eigenvalue weighted by molar-refractivity contribution is 0.569. The fraction of sp³-hybridized carbons (Fsp3) is 0.529. The molecule has 2 nitrogen and oxygen atoms in total. The highest BCUT2D eigenvalue weighted by molar-refractivity contribution is 9.10. The first-order chi connectivity index (χ1) is 9.60. The Kier molecular flexibility index (Phi) is 7.93. The Morgan fingerprint density at radius 2 is 2.20 bits per heavy atom. The van der Waals surface area contributed by atoms with Crippen LogP contribution in [0.5, 0.6) is 0 Å². The number of benzene rings is 1. The van der Waals surface area contributed by atoms with Gasteiger partial charge in [0.1, 0.15) is 0 Å². The van der Waals surface area contributed by atoms with E-state index in [1.807, 2.05) is 6.08 Å². The fourth-order valence-corrected chi connectivity index (χ4v) is 2.89. The molecule has 0 aliphatic rings. The summed E-state index contributed by atoms with van der Waals surface area (Å²) in [4.78, 5) is 2.29. The summed E-state index contributed by atoms with van der Waals surface area (Å²) in [5.41, 5.74) is 2.58. The van der Waals surface area contributed by atoms with Crippen molar-refractivity contribution in [1.82, 2.24) is 5.32 Å². The average molecular weight is 339 g/mol. The van der Waals surface area contributed by atoms with Crippen LogP contribution in [-0.4, -0.2) is 20.1 Å². The summed E-state index contributed by atoms with van der Waals surface area (Å²) < 4.78 is 1.18. The number of unbranched alkanes of at least 4 members (excludes halogenated alkanes) is 1. The fourth-order valence-electron chi connectivity index (χ4n) is 2.18. The van der Waals surface area contributed by atoms with Crippen LogP contribution in [0, 0.1) is 0 Å². The lowest BCUT2D eigenvalue weighted by Crippen LogP contribution is -2.21. The van der Waals surface area contributed by atoms with E-state index in [4.69, 9.17) is 0 Å². The normalized spacial score (nSPS) is 12.2. The maximum Gasteiger partial charge on any atom is 0.0375 e. The Morgan fingerprint density at radius 1 is 1.45 bits per heavy atom. The topological polar surface area (TPSA) is 15.3 Å². The van der Waals surface area contributed by atoms with E-state index < -0.39 is 0 Å². The van der Waals surface area contributed by atoms with Crippen molar-refractivity contribution in [3.05, 3.63) is 40.9 Å². The van der Waals surface area contributed by atoms with Crippen LogP contribution < -0.4 is 10.2 Å². The van der Waals surface area contributed by atoms with Gasteiger partial charge in [-0.2, -0.15) is 0 Å². The molecule has 0 aliphatic heterocycles. The number of hydrogen-bond acceptors (Lipinski definition) is 2. The van der Waals surface area contributed by atoms with Gasteiger partial charge in [0.05, 0.1) is 0 Å². The van der Waals surface area contributed by atoms with E-state index in [0.717, 1.165) is 32.4 Å². The first kappa shape index (κ1) is 17.3. The van der Waals surface area contributed by atoms with Gasteiger partial charge in [0.2, 0.25) is 0 Å². The molecule has 1 aromatic carbocycles.